The molecule has 0 aliphatic rings. The van der Waals surface area contributed by atoms with E-state index in [-0.39, 0.29) is 5.43 Å². The second-order valence-electron chi connectivity index (χ2n) is 4.91. The number of hydrogen-bond acceptors (Lipinski definition) is 3. The summed E-state index contributed by atoms with van der Waals surface area (Å²) in [5.41, 5.74) is 3.09. The van der Waals surface area contributed by atoms with Crippen molar-refractivity contribution in [3.05, 3.63) is 64.7 Å². The van der Waals surface area contributed by atoms with Gasteiger partial charge in [0, 0.05) is 18.5 Å². The molecule has 0 saturated heterocycles. The molecular formula is C16H12N4O. The van der Waals surface area contributed by atoms with Crippen molar-refractivity contribution >= 4 is 21.9 Å². The summed E-state index contributed by atoms with van der Waals surface area (Å²) in [6.45, 7) is 1.84. The number of nitrogens with zero attached hydrogens (tertiary/aromatic N) is 3. The highest BCUT2D eigenvalue weighted by atomic mass is 16.1. The zero-order valence-electron chi connectivity index (χ0n) is 11.4. The third kappa shape index (κ3) is 1.67. The number of para-hydroxylation sites is 1. The molecule has 0 atom stereocenters. The van der Waals surface area contributed by atoms with Crippen LogP contribution < -0.4 is 5.43 Å². The topological polar surface area (TPSA) is 63.6 Å². The van der Waals surface area contributed by atoms with E-state index in [1.54, 1.807) is 6.20 Å². The minimum Gasteiger partial charge on any atom is -0.299 e. The third-order valence-corrected chi connectivity index (χ3v) is 3.61. The highest BCUT2D eigenvalue weighted by Crippen LogP contribution is 2.23. The van der Waals surface area contributed by atoms with Crippen LogP contribution >= 0.6 is 0 Å². The summed E-state index contributed by atoms with van der Waals surface area (Å²) in [6, 6.07) is 11.4. The standard InChI is InChI=1S/C16H12N4O/c1-10-14-13(21)7-8-17-15(14)12-9-18-20(16(12)19-10)11-5-3-2-4-6-11/h2-9,18H,1H3. The summed E-state index contributed by atoms with van der Waals surface area (Å²) >= 11 is 0. The fourth-order valence-corrected chi connectivity index (χ4v) is 2.65. The van der Waals surface area contributed by atoms with Crippen LogP contribution in [-0.2, 0) is 0 Å². The molecule has 1 N–H and O–H groups in total. The van der Waals surface area contributed by atoms with Gasteiger partial charge in [0.05, 0.1) is 27.7 Å². The van der Waals surface area contributed by atoms with Gasteiger partial charge in [-0.05, 0) is 19.1 Å². The Kier molecular flexibility index (Phi) is 2.41. The first-order valence-electron chi connectivity index (χ1n) is 6.66. The monoisotopic (exact) mass is 276 g/mol. The van der Waals surface area contributed by atoms with E-state index in [1.807, 2.05) is 48.1 Å². The summed E-state index contributed by atoms with van der Waals surface area (Å²) in [7, 11) is 0. The molecule has 4 rings (SSSR count). The number of H-pyrrole nitrogens is 1. The van der Waals surface area contributed by atoms with Crippen molar-refractivity contribution in [2.24, 2.45) is 0 Å². The van der Waals surface area contributed by atoms with Gasteiger partial charge in [0.2, 0.25) is 0 Å². The highest BCUT2D eigenvalue weighted by molar-refractivity contribution is 6.03. The Labute approximate surface area is 119 Å². The Bertz CT molecular complexity index is 1010. The largest absolute Gasteiger partial charge is 0.299 e. The number of rotatable bonds is 1. The molecule has 5 nitrogen and oxygen atoms in total. The van der Waals surface area contributed by atoms with Crippen molar-refractivity contribution in [1.29, 1.82) is 0 Å². The summed E-state index contributed by atoms with van der Waals surface area (Å²) in [5.74, 6) is 0. The molecule has 3 aromatic heterocycles. The van der Waals surface area contributed by atoms with Crippen LogP contribution in [0.3, 0.4) is 0 Å². The number of hydrogen-bond donors (Lipinski definition) is 1. The van der Waals surface area contributed by atoms with E-state index in [2.05, 4.69) is 15.1 Å². The van der Waals surface area contributed by atoms with Gasteiger partial charge >= 0.3 is 0 Å². The average Bonchev–Trinajstić information content (AvgIpc) is 2.92. The molecule has 0 aliphatic carbocycles. The van der Waals surface area contributed by atoms with Gasteiger partial charge in [-0.3, -0.25) is 14.9 Å². The van der Waals surface area contributed by atoms with Crippen molar-refractivity contribution in [1.82, 2.24) is 19.7 Å². The molecule has 102 valence electrons. The maximum absolute atomic E-state index is 12.0. The Balaban J connectivity index is 2.16. The molecule has 0 fully saturated rings. The lowest BCUT2D eigenvalue weighted by Crippen LogP contribution is -2.05. The molecule has 0 aliphatic heterocycles. The van der Waals surface area contributed by atoms with Crippen molar-refractivity contribution in [2.75, 3.05) is 0 Å². The first-order chi connectivity index (χ1) is 10.3. The van der Waals surface area contributed by atoms with Gasteiger partial charge < -0.3 is 0 Å². The van der Waals surface area contributed by atoms with E-state index in [0.29, 0.717) is 16.6 Å². The molecular weight excluding hydrogens is 264 g/mol. The Morgan fingerprint density at radius 2 is 1.95 bits per heavy atom. The van der Waals surface area contributed by atoms with Crippen molar-refractivity contribution in [3.8, 4) is 5.69 Å². The third-order valence-electron chi connectivity index (χ3n) is 3.61. The zero-order valence-corrected chi connectivity index (χ0v) is 11.4. The Hall–Kier alpha value is -2.95. The minimum atomic E-state index is -0.0423. The van der Waals surface area contributed by atoms with Crippen LogP contribution in [0.15, 0.2) is 53.6 Å². The Morgan fingerprint density at radius 3 is 2.76 bits per heavy atom. The zero-order chi connectivity index (χ0) is 14.4. The lowest BCUT2D eigenvalue weighted by Gasteiger charge is -2.06. The number of aromatic amines is 1. The van der Waals surface area contributed by atoms with Gasteiger partial charge in [-0.15, -0.1) is 0 Å². The average molecular weight is 276 g/mol. The molecule has 0 spiro atoms. The fourth-order valence-electron chi connectivity index (χ4n) is 2.65. The van der Waals surface area contributed by atoms with E-state index in [1.165, 1.54) is 6.07 Å². The molecule has 0 unspecified atom stereocenters. The van der Waals surface area contributed by atoms with Crippen LogP contribution in [0.25, 0.3) is 27.6 Å². The number of aromatic nitrogens is 4. The van der Waals surface area contributed by atoms with Gasteiger partial charge in [0.1, 0.15) is 0 Å². The molecule has 1 aromatic carbocycles. The maximum Gasteiger partial charge on any atom is 0.191 e. The second-order valence-corrected chi connectivity index (χ2v) is 4.91. The Morgan fingerprint density at radius 1 is 1.14 bits per heavy atom. The predicted molar refractivity (Wildman–Crippen MR) is 81.7 cm³/mol. The number of nitrogens with one attached hydrogen (secondary N) is 1. The minimum absolute atomic E-state index is 0.0423. The van der Waals surface area contributed by atoms with Gasteiger partial charge in [-0.25, -0.2) is 9.67 Å². The van der Waals surface area contributed by atoms with Gasteiger partial charge in [-0.2, -0.15) is 0 Å². The van der Waals surface area contributed by atoms with E-state index in [0.717, 1.165) is 16.7 Å². The number of aryl methyl sites for hydroxylation is 1. The molecule has 21 heavy (non-hydrogen) atoms. The maximum atomic E-state index is 12.0. The fraction of sp³-hybridized carbons (Fsp3) is 0.0625. The van der Waals surface area contributed by atoms with Gasteiger partial charge in [0.15, 0.2) is 11.1 Å². The van der Waals surface area contributed by atoms with Crippen molar-refractivity contribution in [3.63, 3.8) is 0 Å². The first-order valence-corrected chi connectivity index (χ1v) is 6.66. The summed E-state index contributed by atoms with van der Waals surface area (Å²) in [5, 5.41) is 4.61. The molecule has 3 heterocycles. The quantitative estimate of drug-likeness (QED) is 0.581. The lowest BCUT2D eigenvalue weighted by molar-refractivity contribution is 0.895. The van der Waals surface area contributed by atoms with Crippen LogP contribution in [0.2, 0.25) is 0 Å². The molecule has 0 bridgehead atoms. The second kappa shape index (κ2) is 4.28. The van der Waals surface area contributed by atoms with Crippen molar-refractivity contribution < 1.29 is 0 Å². The van der Waals surface area contributed by atoms with E-state index in [4.69, 9.17) is 0 Å². The first kappa shape index (κ1) is 11.8. The van der Waals surface area contributed by atoms with E-state index >= 15 is 0 Å². The summed E-state index contributed by atoms with van der Waals surface area (Å²) in [4.78, 5) is 21.0. The number of pyridine rings is 2. The molecule has 0 amide bonds. The molecule has 0 radical (unpaired) electrons. The van der Waals surface area contributed by atoms with Crippen LogP contribution in [0.5, 0.6) is 0 Å². The summed E-state index contributed by atoms with van der Waals surface area (Å²) < 4.78 is 1.89. The van der Waals surface area contributed by atoms with Crippen LogP contribution in [0.1, 0.15) is 5.69 Å². The van der Waals surface area contributed by atoms with Crippen LogP contribution in [0, 0.1) is 6.92 Å². The van der Waals surface area contributed by atoms with E-state index < -0.39 is 0 Å². The molecule has 0 saturated carbocycles. The molecule has 4 aromatic rings. The number of fused-ring (bicyclic) bond motifs is 3. The van der Waals surface area contributed by atoms with Gasteiger partial charge in [-0.1, -0.05) is 18.2 Å². The van der Waals surface area contributed by atoms with Crippen LogP contribution in [0.4, 0.5) is 0 Å². The van der Waals surface area contributed by atoms with E-state index in [9.17, 15) is 4.79 Å². The van der Waals surface area contributed by atoms with Crippen LogP contribution in [-0.4, -0.2) is 19.7 Å². The molecule has 5 heteroatoms. The van der Waals surface area contributed by atoms with Gasteiger partial charge in [0.25, 0.3) is 0 Å². The van der Waals surface area contributed by atoms with Crippen molar-refractivity contribution in [2.45, 2.75) is 6.92 Å². The normalized spacial score (nSPS) is 11.3. The SMILES string of the molecule is Cc1nc2c(c[nH]n2-c2ccccc2)c2nccc(=O)c12. The highest BCUT2D eigenvalue weighted by Gasteiger charge is 2.13. The smallest absolute Gasteiger partial charge is 0.191 e. The lowest BCUT2D eigenvalue weighted by atomic mass is 10.1. The number of benzene rings is 1. The summed E-state index contributed by atoms with van der Waals surface area (Å²) in [6.07, 6.45) is 3.38. The predicted octanol–water partition coefficient (Wildman–Crippen LogP) is 2.57.